The monoisotopic (exact) mass is 253 g/mol. The van der Waals surface area contributed by atoms with Gasteiger partial charge in [0, 0.05) is 24.2 Å². The van der Waals surface area contributed by atoms with E-state index in [0.29, 0.717) is 25.3 Å². The third-order valence-corrected chi connectivity index (χ3v) is 2.50. The summed E-state index contributed by atoms with van der Waals surface area (Å²) in [5.74, 6) is -0.467. The van der Waals surface area contributed by atoms with Crippen LogP contribution in [0.1, 0.15) is 25.5 Å². The van der Waals surface area contributed by atoms with Gasteiger partial charge in [-0.1, -0.05) is 18.2 Å². The van der Waals surface area contributed by atoms with E-state index in [-0.39, 0.29) is 11.8 Å². The van der Waals surface area contributed by atoms with E-state index in [1.807, 2.05) is 13.8 Å². The molecule has 1 aromatic carbocycles. The fourth-order valence-corrected chi connectivity index (χ4v) is 1.59. The van der Waals surface area contributed by atoms with Gasteiger partial charge in [-0.05, 0) is 19.9 Å². The molecule has 0 saturated carbocycles. The van der Waals surface area contributed by atoms with Crippen molar-refractivity contribution in [3.05, 3.63) is 41.7 Å². The maximum atomic E-state index is 12.8. The van der Waals surface area contributed by atoms with E-state index in [0.717, 1.165) is 11.6 Å². The van der Waals surface area contributed by atoms with Crippen molar-refractivity contribution in [3.8, 4) is 5.75 Å². The molecule has 1 rings (SSSR count). The van der Waals surface area contributed by atoms with E-state index in [4.69, 9.17) is 4.74 Å². The van der Waals surface area contributed by atoms with Crippen LogP contribution in [-0.2, 0) is 4.74 Å². The molecule has 1 atom stereocenters. The highest BCUT2D eigenvalue weighted by Crippen LogP contribution is 2.24. The van der Waals surface area contributed by atoms with E-state index in [1.54, 1.807) is 6.07 Å². The molecule has 18 heavy (non-hydrogen) atoms. The predicted molar refractivity (Wildman–Crippen MR) is 70.1 cm³/mol. The molecule has 0 spiro atoms. The fourth-order valence-electron chi connectivity index (χ4n) is 1.59. The minimum Gasteiger partial charge on any atom is -0.508 e. The Hall–Kier alpha value is -1.39. The minimum atomic E-state index is -0.437. The fraction of sp³-hybridized carbons (Fsp3) is 0.429. The van der Waals surface area contributed by atoms with Crippen LogP contribution in [0.5, 0.6) is 5.75 Å². The van der Waals surface area contributed by atoms with Crippen molar-refractivity contribution in [1.29, 1.82) is 0 Å². The number of nitrogens with one attached hydrogen (secondary N) is 1. The van der Waals surface area contributed by atoms with Crippen LogP contribution in [0.2, 0.25) is 0 Å². The molecule has 0 aromatic heterocycles. The Kier molecular flexibility index (Phi) is 5.82. The molecule has 1 aromatic rings. The van der Waals surface area contributed by atoms with Gasteiger partial charge in [-0.15, -0.1) is 0 Å². The van der Waals surface area contributed by atoms with E-state index in [1.165, 1.54) is 6.07 Å². The maximum absolute atomic E-state index is 12.8. The second-order valence-electron chi connectivity index (χ2n) is 4.39. The van der Waals surface area contributed by atoms with Crippen LogP contribution in [0.25, 0.3) is 0 Å². The number of ether oxygens (including phenoxy) is 1. The summed E-state index contributed by atoms with van der Waals surface area (Å²) in [5, 5.41) is 12.8. The van der Waals surface area contributed by atoms with Gasteiger partial charge in [0.05, 0.1) is 13.2 Å². The zero-order chi connectivity index (χ0) is 13.5. The summed E-state index contributed by atoms with van der Waals surface area (Å²) >= 11 is 0. The van der Waals surface area contributed by atoms with Crippen LogP contribution in [0.15, 0.2) is 30.4 Å². The lowest BCUT2D eigenvalue weighted by atomic mass is 10.1. The number of phenols is 1. The first kappa shape index (κ1) is 14.7. The number of halogens is 1. The van der Waals surface area contributed by atoms with Crippen LogP contribution in [-0.4, -0.2) is 24.9 Å². The molecule has 0 saturated heterocycles. The van der Waals surface area contributed by atoms with Crippen molar-refractivity contribution < 1.29 is 14.2 Å². The van der Waals surface area contributed by atoms with Gasteiger partial charge in [-0.25, -0.2) is 4.39 Å². The average Bonchev–Trinajstić information content (AvgIpc) is 2.27. The predicted octanol–water partition coefficient (Wildman–Crippen LogP) is 2.77. The van der Waals surface area contributed by atoms with Crippen molar-refractivity contribution >= 4 is 0 Å². The Bertz CT molecular complexity index is 407. The molecule has 0 aliphatic carbocycles. The van der Waals surface area contributed by atoms with Crippen molar-refractivity contribution in [2.45, 2.75) is 19.9 Å². The van der Waals surface area contributed by atoms with Crippen LogP contribution in [0.3, 0.4) is 0 Å². The molecule has 100 valence electrons. The largest absolute Gasteiger partial charge is 0.508 e. The second kappa shape index (κ2) is 7.13. The van der Waals surface area contributed by atoms with Crippen LogP contribution < -0.4 is 5.32 Å². The summed E-state index contributed by atoms with van der Waals surface area (Å²) in [4.78, 5) is 0. The summed E-state index contributed by atoms with van der Waals surface area (Å²) in [6.07, 6.45) is 0. The van der Waals surface area contributed by atoms with E-state index in [2.05, 4.69) is 11.9 Å². The van der Waals surface area contributed by atoms with Crippen LogP contribution in [0.4, 0.5) is 4.39 Å². The number of hydrogen-bond donors (Lipinski definition) is 2. The highest BCUT2D eigenvalue weighted by molar-refractivity contribution is 5.34. The molecule has 0 aliphatic rings. The van der Waals surface area contributed by atoms with Crippen molar-refractivity contribution in [2.75, 3.05) is 19.8 Å². The van der Waals surface area contributed by atoms with Gasteiger partial charge in [0.15, 0.2) is 0 Å². The highest BCUT2D eigenvalue weighted by atomic mass is 19.1. The molecular formula is C14H20FNO2. The summed E-state index contributed by atoms with van der Waals surface area (Å²) in [6.45, 7) is 9.34. The highest BCUT2D eigenvalue weighted by Gasteiger charge is 2.10. The van der Waals surface area contributed by atoms with Gasteiger partial charge < -0.3 is 15.2 Å². The Morgan fingerprint density at radius 1 is 1.56 bits per heavy atom. The standard InChI is InChI=1S/C14H20FNO2/c1-10(2)9-18-7-6-16-11(3)13-5-4-12(15)8-14(13)17/h4-5,8,11,16-17H,1,6-7,9H2,2-3H3. The van der Waals surface area contributed by atoms with Gasteiger partial charge in [0.2, 0.25) is 0 Å². The van der Waals surface area contributed by atoms with Gasteiger partial charge in [-0.2, -0.15) is 0 Å². The lowest BCUT2D eigenvalue weighted by Gasteiger charge is -2.15. The van der Waals surface area contributed by atoms with Crippen molar-refractivity contribution in [3.63, 3.8) is 0 Å². The van der Waals surface area contributed by atoms with Crippen molar-refractivity contribution in [1.82, 2.24) is 5.32 Å². The summed E-state index contributed by atoms with van der Waals surface area (Å²) in [5.41, 5.74) is 1.66. The SMILES string of the molecule is C=C(C)COCCNC(C)c1ccc(F)cc1O. The summed E-state index contributed by atoms with van der Waals surface area (Å²) < 4.78 is 18.2. The number of benzene rings is 1. The zero-order valence-corrected chi connectivity index (χ0v) is 10.9. The molecule has 3 nitrogen and oxygen atoms in total. The first-order valence-corrected chi connectivity index (χ1v) is 5.94. The van der Waals surface area contributed by atoms with Gasteiger partial charge in [0.1, 0.15) is 11.6 Å². The molecule has 0 bridgehead atoms. The lowest BCUT2D eigenvalue weighted by Crippen LogP contribution is -2.23. The minimum absolute atomic E-state index is 0.0298. The number of aromatic hydroxyl groups is 1. The molecule has 4 heteroatoms. The Morgan fingerprint density at radius 3 is 2.89 bits per heavy atom. The Labute approximate surface area is 107 Å². The first-order valence-electron chi connectivity index (χ1n) is 5.94. The average molecular weight is 253 g/mol. The van der Waals surface area contributed by atoms with Gasteiger partial charge >= 0.3 is 0 Å². The van der Waals surface area contributed by atoms with Crippen LogP contribution in [0, 0.1) is 5.82 Å². The molecule has 0 fully saturated rings. The molecule has 2 N–H and O–H groups in total. The molecule has 0 amide bonds. The molecule has 0 aliphatic heterocycles. The maximum Gasteiger partial charge on any atom is 0.126 e. The quantitative estimate of drug-likeness (QED) is 0.580. The van der Waals surface area contributed by atoms with Crippen LogP contribution >= 0.6 is 0 Å². The Balaban J connectivity index is 2.36. The van der Waals surface area contributed by atoms with Crippen molar-refractivity contribution in [2.24, 2.45) is 0 Å². The summed E-state index contributed by atoms with van der Waals surface area (Å²) in [7, 11) is 0. The topological polar surface area (TPSA) is 41.5 Å². The van der Waals surface area contributed by atoms with E-state index < -0.39 is 5.82 Å². The van der Waals surface area contributed by atoms with Gasteiger partial charge in [0.25, 0.3) is 0 Å². The van der Waals surface area contributed by atoms with E-state index >= 15 is 0 Å². The summed E-state index contributed by atoms with van der Waals surface area (Å²) in [6, 6.07) is 3.98. The Morgan fingerprint density at radius 2 is 2.28 bits per heavy atom. The third-order valence-electron chi connectivity index (χ3n) is 2.50. The number of phenolic OH excluding ortho intramolecular Hbond substituents is 1. The molecular weight excluding hydrogens is 233 g/mol. The van der Waals surface area contributed by atoms with E-state index in [9.17, 15) is 9.50 Å². The number of rotatable bonds is 7. The first-order chi connectivity index (χ1) is 8.50. The smallest absolute Gasteiger partial charge is 0.126 e. The lowest BCUT2D eigenvalue weighted by molar-refractivity contribution is 0.155. The molecule has 0 heterocycles. The molecule has 1 unspecified atom stereocenters. The molecule has 0 radical (unpaired) electrons. The van der Waals surface area contributed by atoms with Gasteiger partial charge in [-0.3, -0.25) is 0 Å². The third kappa shape index (κ3) is 4.85. The number of hydrogen-bond acceptors (Lipinski definition) is 3. The normalized spacial score (nSPS) is 12.4. The second-order valence-corrected chi connectivity index (χ2v) is 4.39. The zero-order valence-electron chi connectivity index (χ0n) is 10.9.